The topological polar surface area (TPSA) is 72.0 Å². The second-order valence-electron chi connectivity index (χ2n) is 8.03. The second-order valence-corrected chi connectivity index (χ2v) is 8.46. The van der Waals surface area contributed by atoms with Crippen LogP contribution in [0, 0.1) is 0 Å². The molecule has 0 radical (unpaired) electrons. The van der Waals surface area contributed by atoms with Crippen LogP contribution in [0.5, 0.6) is 11.6 Å². The number of pyridine rings is 1. The van der Waals surface area contributed by atoms with Crippen molar-refractivity contribution in [2.45, 2.75) is 32.8 Å². The van der Waals surface area contributed by atoms with E-state index >= 15 is 0 Å². The van der Waals surface area contributed by atoms with E-state index in [4.69, 9.17) is 21.1 Å². The third-order valence-electron chi connectivity index (χ3n) is 4.46. The smallest absolute Gasteiger partial charge is 0.410 e. The summed E-state index contributed by atoms with van der Waals surface area (Å²) in [6.07, 6.45) is 1.89. The average molecular weight is 432 g/mol. The van der Waals surface area contributed by atoms with Gasteiger partial charge >= 0.3 is 6.09 Å². The van der Waals surface area contributed by atoms with Gasteiger partial charge in [-0.15, -0.1) is 0 Å². The van der Waals surface area contributed by atoms with Crippen LogP contribution in [0.1, 0.15) is 37.6 Å². The summed E-state index contributed by atoms with van der Waals surface area (Å²) in [4.78, 5) is 33.1. The summed E-state index contributed by atoms with van der Waals surface area (Å²) in [5, 5.41) is 0.596. The van der Waals surface area contributed by atoms with Crippen molar-refractivity contribution in [3.63, 3.8) is 0 Å². The van der Waals surface area contributed by atoms with Gasteiger partial charge in [-0.05, 0) is 63.6 Å². The molecule has 0 bridgehead atoms. The fourth-order valence-corrected chi connectivity index (χ4v) is 3.18. The van der Waals surface area contributed by atoms with Crippen molar-refractivity contribution in [3.05, 3.63) is 53.2 Å². The number of amides is 2. The van der Waals surface area contributed by atoms with Crippen molar-refractivity contribution < 1.29 is 19.1 Å². The normalized spacial score (nSPS) is 14.8. The van der Waals surface area contributed by atoms with Gasteiger partial charge in [-0.2, -0.15) is 0 Å². The Morgan fingerprint density at radius 1 is 1.00 bits per heavy atom. The quantitative estimate of drug-likeness (QED) is 0.709. The molecule has 1 saturated heterocycles. The van der Waals surface area contributed by atoms with Gasteiger partial charge in [-0.1, -0.05) is 11.6 Å². The largest absolute Gasteiger partial charge is 0.444 e. The molecule has 3 rings (SSSR count). The van der Waals surface area contributed by atoms with Gasteiger partial charge < -0.3 is 19.3 Å². The first-order chi connectivity index (χ1) is 14.2. The Bertz CT molecular complexity index is 896. The summed E-state index contributed by atoms with van der Waals surface area (Å²) in [7, 11) is 0. The van der Waals surface area contributed by atoms with Gasteiger partial charge in [0.1, 0.15) is 16.9 Å². The minimum absolute atomic E-state index is 0.182. The molecule has 1 fully saturated rings. The lowest BCUT2D eigenvalue weighted by Crippen LogP contribution is -2.40. The standard InChI is InChI=1S/C22H26ClN3O4/c1-22(2,3)30-21(28)26-13-5-12-25(14-15-26)20(27)18-6-4-11-24-19(18)29-17-9-7-16(23)8-10-17/h4,6-11H,5,12-15H2,1-3H3. The monoisotopic (exact) mass is 431 g/mol. The first kappa shape index (κ1) is 21.9. The van der Waals surface area contributed by atoms with E-state index in [2.05, 4.69) is 4.98 Å². The Labute approximate surface area is 181 Å². The summed E-state index contributed by atoms with van der Waals surface area (Å²) >= 11 is 5.91. The molecule has 0 atom stereocenters. The lowest BCUT2D eigenvalue weighted by Gasteiger charge is -2.26. The molecule has 30 heavy (non-hydrogen) atoms. The number of ether oxygens (including phenoxy) is 2. The molecule has 7 nitrogen and oxygen atoms in total. The number of hydrogen-bond acceptors (Lipinski definition) is 5. The van der Waals surface area contributed by atoms with E-state index in [1.807, 2.05) is 20.8 Å². The third kappa shape index (κ3) is 5.86. The van der Waals surface area contributed by atoms with Gasteiger partial charge in [-0.3, -0.25) is 4.79 Å². The Morgan fingerprint density at radius 2 is 1.67 bits per heavy atom. The van der Waals surface area contributed by atoms with Crippen molar-refractivity contribution in [2.24, 2.45) is 0 Å². The lowest BCUT2D eigenvalue weighted by molar-refractivity contribution is 0.0255. The Morgan fingerprint density at radius 3 is 2.37 bits per heavy atom. The van der Waals surface area contributed by atoms with E-state index in [-0.39, 0.29) is 17.9 Å². The van der Waals surface area contributed by atoms with Crippen LogP contribution in [0.15, 0.2) is 42.6 Å². The van der Waals surface area contributed by atoms with E-state index in [1.54, 1.807) is 52.4 Å². The van der Waals surface area contributed by atoms with Crippen LogP contribution in [0.2, 0.25) is 5.02 Å². The molecule has 8 heteroatoms. The number of aromatic nitrogens is 1. The maximum Gasteiger partial charge on any atom is 0.410 e. The van der Waals surface area contributed by atoms with E-state index in [1.165, 1.54) is 0 Å². The van der Waals surface area contributed by atoms with Gasteiger partial charge in [0, 0.05) is 37.4 Å². The Kier molecular flexibility index (Phi) is 6.82. The number of rotatable bonds is 3. The van der Waals surface area contributed by atoms with Crippen molar-refractivity contribution in [3.8, 4) is 11.6 Å². The van der Waals surface area contributed by atoms with E-state index in [0.29, 0.717) is 48.9 Å². The van der Waals surface area contributed by atoms with E-state index < -0.39 is 5.60 Å². The molecule has 0 spiro atoms. The van der Waals surface area contributed by atoms with Crippen molar-refractivity contribution in [1.82, 2.24) is 14.8 Å². The molecule has 2 aromatic rings. The van der Waals surface area contributed by atoms with Gasteiger partial charge in [-0.25, -0.2) is 9.78 Å². The van der Waals surface area contributed by atoms with Crippen molar-refractivity contribution >= 4 is 23.6 Å². The van der Waals surface area contributed by atoms with Crippen LogP contribution < -0.4 is 4.74 Å². The minimum Gasteiger partial charge on any atom is -0.444 e. The fraction of sp³-hybridized carbons (Fsp3) is 0.409. The van der Waals surface area contributed by atoms with Gasteiger partial charge in [0.2, 0.25) is 5.88 Å². The lowest BCUT2D eigenvalue weighted by atomic mass is 10.2. The zero-order valence-corrected chi connectivity index (χ0v) is 18.2. The molecule has 2 amide bonds. The number of halogens is 1. The fourth-order valence-electron chi connectivity index (χ4n) is 3.05. The first-order valence-electron chi connectivity index (χ1n) is 9.88. The van der Waals surface area contributed by atoms with Crippen LogP contribution >= 0.6 is 11.6 Å². The van der Waals surface area contributed by atoms with Crippen molar-refractivity contribution in [1.29, 1.82) is 0 Å². The number of hydrogen-bond donors (Lipinski definition) is 0. The summed E-state index contributed by atoms with van der Waals surface area (Å²) < 4.78 is 11.3. The predicted molar refractivity (Wildman–Crippen MR) is 114 cm³/mol. The summed E-state index contributed by atoms with van der Waals surface area (Å²) in [5.74, 6) is 0.593. The van der Waals surface area contributed by atoms with Gasteiger partial charge in [0.15, 0.2) is 0 Å². The minimum atomic E-state index is -0.553. The van der Waals surface area contributed by atoms with Crippen LogP contribution in [0.25, 0.3) is 0 Å². The zero-order valence-electron chi connectivity index (χ0n) is 17.4. The van der Waals surface area contributed by atoms with Crippen LogP contribution in [0.3, 0.4) is 0 Å². The average Bonchev–Trinajstić information content (AvgIpc) is 2.95. The molecule has 0 N–H and O–H groups in total. The summed E-state index contributed by atoms with van der Waals surface area (Å²) in [6.45, 7) is 7.41. The number of carbonyl (C=O) groups excluding carboxylic acids is 2. The highest BCUT2D eigenvalue weighted by Gasteiger charge is 2.27. The number of carbonyl (C=O) groups is 2. The maximum absolute atomic E-state index is 13.2. The molecule has 0 saturated carbocycles. The summed E-state index contributed by atoms with van der Waals surface area (Å²) in [6, 6.07) is 10.2. The SMILES string of the molecule is CC(C)(C)OC(=O)N1CCCN(C(=O)c2cccnc2Oc2ccc(Cl)cc2)CC1. The molecule has 0 unspecified atom stereocenters. The Hall–Kier alpha value is -2.80. The van der Waals surface area contributed by atoms with Crippen LogP contribution in [-0.4, -0.2) is 58.6 Å². The molecule has 1 aromatic carbocycles. The van der Waals surface area contributed by atoms with Crippen LogP contribution in [-0.2, 0) is 4.74 Å². The summed E-state index contributed by atoms with van der Waals surface area (Å²) in [5.41, 5.74) is -0.180. The highest BCUT2D eigenvalue weighted by atomic mass is 35.5. The van der Waals surface area contributed by atoms with E-state index in [0.717, 1.165) is 0 Å². The second kappa shape index (κ2) is 9.34. The number of benzene rings is 1. The van der Waals surface area contributed by atoms with Crippen LogP contribution in [0.4, 0.5) is 4.79 Å². The molecule has 1 aliphatic rings. The highest BCUT2D eigenvalue weighted by Crippen LogP contribution is 2.25. The molecule has 1 aliphatic heterocycles. The molecular weight excluding hydrogens is 406 g/mol. The molecule has 2 heterocycles. The highest BCUT2D eigenvalue weighted by molar-refractivity contribution is 6.30. The van der Waals surface area contributed by atoms with E-state index in [9.17, 15) is 9.59 Å². The number of nitrogens with zero attached hydrogens (tertiary/aromatic N) is 3. The molecular formula is C22H26ClN3O4. The Balaban J connectivity index is 1.69. The molecule has 0 aliphatic carbocycles. The maximum atomic E-state index is 13.2. The van der Waals surface area contributed by atoms with Crippen molar-refractivity contribution in [2.75, 3.05) is 26.2 Å². The predicted octanol–water partition coefficient (Wildman–Crippen LogP) is 4.61. The third-order valence-corrected chi connectivity index (χ3v) is 4.72. The first-order valence-corrected chi connectivity index (χ1v) is 10.3. The van der Waals surface area contributed by atoms with Gasteiger partial charge in [0.05, 0.1) is 0 Å². The molecule has 160 valence electrons. The van der Waals surface area contributed by atoms with Gasteiger partial charge in [0.25, 0.3) is 5.91 Å². The molecule has 1 aromatic heterocycles. The zero-order chi connectivity index (χ0) is 21.7.